The Balaban J connectivity index is 0.865. The Bertz CT molecular complexity index is 2180. The van der Waals surface area contributed by atoms with Crippen molar-refractivity contribution in [3.8, 4) is 0 Å². The number of hydrogen-bond donors (Lipinski definition) is 4. The molecule has 9 fully saturated rings. The summed E-state index contributed by atoms with van der Waals surface area (Å²) in [4.78, 5) is 53.3. The smallest absolute Gasteiger partial charge is 0.338 e. The third-order valence-electron chi connectivity index (χ3n) is 26.8. The van der Waals surface area contributed by atoms with E-state index < -0.39 is 48.3 Å². The Morgan fingerprint density at radius 1 is 0.438 bits per heavy atom. The third-order valence-corrected chi connectivity index (χ3v) is 26.8. The molecule has 4 N–H and O–H groups in total. The maximum absolute atomic E-state index is 14.8. The molecule has 80 heavy (non-hydrogen) atoms. The molecule has 12 heteroatoms. The summed E-state index contributed by atoms with van der Waals surface area (Å²) in [5, 5.41) is 41.4. The van der Waals surface area contributed by atoms with Gasteiger partial charge in [0.2, 0.25) is 0 Å². The Labute approximate surface area is 482 Å². The summed E-state index contributed by atoms with van der Waals surface area (Å²) in [7, 11) is 0. The van der Waals surface area contributed by atoms with Crippen molar-refractivity contribution >= 4 is 23.9 Å². The number of carboxylic acids is 1. The lowest BCUT2D eigenvalue weighted by atomic mass is 9.44. The molecule has 0 aromatic rings. The minimum atomic E-state index is -2.24. The van der Waals surface area contributed by atoms with Gasteiger partial charge in [0.15, 0.2) is 24.4 Å². The topological polar surface area (TPSA) is 186 Å². The first-order chi connectivity index (χ1) is 37.7. The summed E-state index contributed by atoms with van der Waals surface area (Å²) in [5.74, 6) is 4.15. The summed E-state index contributed by atoms with van der Waals surface area (Å²) in [6.07, 6.45) is 19.4. The number of fused-ring (bicyclic) bond motifs is 9. The molecule has 0 aromatic carbocycles. The summed E-state index contributed by atoms with van der Waals surface area (Å²) < 4.78 is 24.9. The van der Waals surface area contributed by atoms with E-state index >= 15 is 0 Å². The van der Waals surface area contributed by atoms with Gasteiger partial charge in [-0.05, 0) is 240 Å². The van der Waals surface area contributed by atoms with E-state index in [2.05, 4.69) is 76.2 Å². The lowest BCUT2D eigenvalue weighted by molar-refractivity contribution is -0.192. The summed E-state index contributed by atoms with van der Waals surface area (Å²) in [6.45, 7) is 26.8. The summed E-state index contributed by atoms with van der Waals surface area (Å²) in [6, 6.07) is 0. The van der Waals surface area contributed by atoms with Crippen molar-refractivity contribution in [1.29, 1.82) is 0 Å². The molecule has 0 amide bonds. The van der Waals surface area contributed by atoms with Gasteiger partial charge in [-0.3, -0.25) is 0 Å². The van der Waals surface area contributed by atoms with Crippen LogP contribution in [-0.2, 0) is 38.1 Å². The molecule has 0 aromatic heterocycles. The van der Waals surface area contributed by atoms with Crippen LogP contribution in [0.25, 0.3) is 0 Å². The zero-order chi connectivity index (χ0) is 57.9. The van der Waals surface area contributed by atoms with Crippen LogP contribution in [0.5, 0.6) is 0 Å². The highest BCUT2D eigenvalue weighted by atomic mass is 16.6. The lowest BCUT2D eigenvalue weighted by Gasteiger charge is -2.62. The fraction of sp³-hybridized carbons (Fsp3) is 0.941. The molecule has 0 aliphatic heterocycles. The second-order valence-corrected chi connectivity index (χ2v) is 32.0. The number of carboxylic acid groups (broad SMARTS) is 1. The van der Waals surface area contributed by atoms with Crippen molar-refractivity contribution in [3.63, 3.8) is 0 Å². The van der Waals surface area contributed by atoms with Crippen molar-refractivity contribution in [2.24, 2.45) is 121 Å². The average Bonchev–Trinajstić information content (AvgIpc) is 3.55. The van der Waals surface area contributed by atoms with Crippen LogP contribution in [0.4, 0.5) is 0 Å². The fourth-order valence-corrected chi connectivity index (χ4v) is 22.3. The Morgan fingerprint density at radius 3 is 1.16 bits per heavy atom. The average molecular weight is 1120 g/mol. The molecule has 9 saturated carbocycles. The van der Waals surface area contributed by atoms with E-state index in [-0.39, 0.29) is 70.8 Å². The van der Waals surface area contributed by atoms with Crippen LogP contribution in [-0.4, -0.2) is 95.1 Å². The summed E-state index contributed by atoms with van der Waals surface area (Å²) in [5.41, 5.74) is -0.407. The van der Waals surface area contributed by atoms with Crippen LogP contribution >= 0.6 is 0 Å². The number of esters is 3. The molecule has 0 heterocycles. The van der Waals surface area contributed by atoms with Crippen molar-refractivity contribution in [3.05, 3.63) is 0 Å². The molecule has 0 spiro atoms. The molecular formula is C68H112O12. The van der Waals surface area contributed by atoms with E-state index in [1.54, 1.807) is 0 Å². The van der Waals surface area contributed by atoms with E-state index in [0.29, 0.717) is 41.4 Å². The number of carbonyl (C=O) groups excluding carboxylic acids is 3. The number of aliphatic hydroxyl groups excluding tert-OH is 3. The zero-order valence-electron chi connectivity index (χ0n) is 51.8. The Hall–Kier alpha value is -2.28. The number of rotatable bonds is 18. The van der Waals surface area contributed by atoms with E-state index in [4.69, 9.17) is 24.1 Å². The maximum Gasteiger partial charge on any atom is 0.338 e. The predicted octanol–water partition coefficient (Wildman–Crippen LogP) is 13.0. The number of ether oxygens (including phenoxy) is 4. The highest BCUT2D eigenvalue weighted by Gasteiger charge is 2.61. The van der Waals surface area contributed by atoms with Crippen LogP contribution in [0.15, 0.2) is 0 Å². The second-order valence-electron chi connectivity index (χ2n) is 32.0. The third kappa shape index (κ3) is 11.9. The van der Waals surface area contributed by atoms with E-state index in [1.165, 1.54) is 64.2 Å². The van der Waals surface area contributed by atoms with Gasteiger partial charge in [-0.1, -0.05) is 95.4 Å². The number of carbonyl (C=O) groups is 4. The zero-order valence-corrected chi connectivity index (χ0v) is 51.8. The van der Waals surface area contributed by atoms with E-state index in [0.717, 1.165) is 125 Å². The number of hydrogen-bond acceptors (Lipinski definition) is 11. The molecule has 0 radical (unpaired) electrons. The molecule has 0 bridgehead atoms. The van der Waals surface area contributed by atoms with Gasteiger partial charge in [-0.15, -0.1) is 0 Å². The molecule has 0 saturated heterocycles. The lowest BCUT2D eigenvalue weighted by Crippen LogP contribution is -2.56. The first-order valence-electron chi connectivity index (χ1n) is 33.1. The van der Waals surface area contributed by atoms with Crippen LogP contribution in [0.2, 0.25) is 0 Å². The first-order valence-corrected chi connectivity index (χ1v) is 33.1. The maximum atomic E-state index is 14.8. The quantitative estimate of drug-likeness (QED) is 0.0753. The van der Waals surface area contributed by atoms with Crippen molar-refractivity contribution in [1.82, 2.24) is 0 Å². The molecule has 456 valence electrons. The molecule has 12 nitrogen and oxygen atoms in total. The van der Waals surface area contributed by atoms with Gasteiger partial charge in [0.05, 0.1) is 26.4 Å². The highest BCUT2D eigenvalue weighted by Crippen LogP contribution is 2.68. The minimum Gasteiger partial charge on any atom is -0.479 e. The van der Waals surface area contributed by atoms with Crippen molar-refractivity contribution < 1.29 is 58.6 Å². The molecule has 9 aliphatic rings. The van der Waals surface area contributed by atoms with Crippen LogP contribution in [0.1, 0.15) is 230 Å². The minimum absolute atomic E-state index is 0.00420. The molecule has 23 atom stereocenters. The highest BCUT2D eigenvalue weighted by molar-refractivity contribution is 5.85. The Kier molecular flexibility index (Phi) is 18.9. The molecule has 9 rings (SSSR count). The largest absolute Gasteiger partial charge is 0.479 e. The monoisotopic (exact) mass is 1120 g/mol. The summed E-state index contributed by atoms with van der Waals surface area (Å²) >= 11 is 0. The normalized spacial score (nSPS) is 44.5. The second kappa shape index (κ2) is 24.2. The van der Waals surface area contributed by atoms with E-state index in [1.807, 2.05) is 0 Å². The number of aliphatic carboxylic acids is 1. The molecular weight excluding hydrogens is 1010 g/mol. The van der Waals surface area contributed by atoms with Crippen molar-refractivity contribution in [2.45, 2.75) is 255 Å². The van der Waals surface area contributed by atoms with Crippen LogP contribution < -0.4 is 0 Å². The number of aliphatic hydroxyl groups is 3. The van der Waals surface area contributed by atoms with Gasteiger partial charge in [0.1, 0.15) is 0 Å². The fourth-order valence-electron chi connectivity index (χ4n) is 22.3. The first kappa shape index (κ1) is 62.3. The standard InChI is InChI=1S/C68H112O12/c1-40(2)43-15-21-49-46(33-43)18-24-52-64(7,28-13-30-66(49,52)9)38-79-61(75)57(71)58(62(76)80-39-65(8)29-14-31-67(10)50-22-16-44(41(3)4)34-47(50)19-25-54(65)67)77-36-42(5)45-17-23-51-48(35-45)20-26-53-63(6,27-12-32-68(51,53)11)37-78-60(74)56(70)55(69)59(72)73/h40-58,69-71H,12-39H2,1-11H3,(H,72,73)/t42?,43?,44?,45?,46?,47?,48?,49?,50?,51?,52?,53?,54?,55-,56-,57-,58-,63?,64?,65?,66?,67?,68?/m1/s1. The van der Waals surface area contributed by atoms with E-state index in [9.17, 15) is 34.5 Å². The van der Waals surface area contributed by atoms with Gasteiger partial charge in [-0.25, -0.2) is 19.2 Å². The molecule has 19 unspecified atom stereocenters. The van der Waals surface area contributed by atoms with Gasteiger partial charge in [0.25, 0.3) is 0 Å². The van der Waals surface area contributed by atoms with Gasteiger partial charge in [0, 0.05) is 16.2 Å². The SMILES string of the molecule is CC(C)C1CCC2C(CCC3C(C)(COC(=O)[C@H](O)[C@@H](OCC(C)C4CCC5C(CCC6C(C)(COC(=O)[C@H](O)[C@@H](O)C(=O)O)CCCC56C)C4)C(=O)OCC4(C)CCCC5(C)C6CCC(C(C)C)CC6CCC45)CCCC23C)C1. The van der Waals surface area contributed by atoms with Gasteiger partial charge < -0.3 is 39.4 Å². The van der Waals surface area contributed by atoms with Crippen LogP contribution in [0.3, 0.4) is 0 Å². The van der Waals surface area contributed by atoms with Crippen LogP contribution in [0, 0.1) is 121 Å². The van der Waals surface area contributed by atoms with Crippen molar-refractivity contribution in [2.75, 3.05) is 26.4 Å². The predicted molar refractivity (Wildman–Crippen MR) is 308 cm³/mol. The van der Waals surface area contributed by atoms with Gasteiger partial charge in [-0.2, -0.15) is 0 Å². The molecule has 9 aliphatic carbocycles. The Morgan fingerprint density at radius 2 is 0.787 bits per heavy atom. The van der Waals surface area contributed by atoms with Gasteiger partial charge >= 0.3 is 23.9 Å².